The Morgan fingerprint density at radius 2 is 1.83 bits per heavy atom. The van der Waals surface area contributed by atoms with Crippen molar-refractivity contribution in [1.29, 1.82) is 0 Å². The third kappa shape index (κ3) is 5.61. The summed E-state index contributed by atoms with van der Waals surface area (Å²) in [7, 11) is 0. The van der Waals surface area contributed by atoms with Crippen molar-refractivity contribution in [2.45, 2.75) is 26.5 Å². The molecule has 0 spiro atoms. The van der Waals surface area contributed by atoms with Crippen molar-refractivity contribution in [3.63, 3.8) is 0 Å². The summed E-state index contributed by atoms with van der Waals surface area (Å²) in [6, 6.07) is 18.7. The first-order chi connectivity index (χ1) is 20.3. The summed E-state index contributed by atoms with van der Waals surface area (Å²) in [5, 5.41) is 0. The van der Waals surface area contributed by atoms with Crippen molar-refractivity contribution in [3.05, 3.63) is 115 Å². The highest BCUT2D eigenvalue weighted by Gasteiger charge is 2.34. The quantitative estimate of drug-likeness (QED) is 0.186. The van der Waals surface area contributed by atoms with Crippen LogP contribution in [0, 0.1) is 7.14 Å². The molecule has 2 aliphatic heterocycles. The summed E-state index contributed by atoms with van der Waals surface area (Å²) >= 11 is 5.80. The van der Waals surface area contributed by atoms with Gasteiger partial charge < -0.3 is 18.9 Å². The molecule has 0 bridgehead atoms. The number of aromatic nitrogens is 1. The van der Waals surface area contributed by atoms with Crippen LogP contribution in [0.15, 0.2) is 81.7 Å². The lowest BCUT2D eigenvalue weighted by Gasteiger charge is -2.24. The zero-order valence-electron chi connectivity index (χ0n) is 22.6. The average molecular weight is 806 g/mol. The summed E-state index contributed by atoms with van der Waals surface area (Å²) in [4.78, 5) is 32.3. The Morgan fingerprint density at radius 1 is 1.10 bits per heavy atom. The smallest absolute Gasteiger partial charge is 0.338 e. The zero-order valence-corrected chi connectivity index (χ0v) is 27.7. The summed E-state index contributed by atoms with van der Waals surface area (Å²) < 4.78 is 26.5. The lowest BCUT2D eigenvalue weighted by Crippen LogP contribution is -2.39. The third-order valence-corrected chi connectivity index (χ3v) is 9.36. The van der Waals surface area contributed by atoms with Gasteiger partial charge in [-0.15, -0.1) is 0 Å². The fraction of sp³-hybridized carbons (Fsp3) is 0.194. The minimum Gasteiger partial charge on any atom is -0.487 e. The molecule has 0 N–H and O–H groups in total. The number of esters is 1. The van der Waals surface area contributed by atoms with Crippen molar-refractivity contribution < 1.29 is 23.7 Å². The lowest BCUT2D eigenvalue weighted by atomic mass is 9.95. The first kappa shape index (κ1) is 28.9. The average Bonchev–Trinajstić information content (AvgIpc) is 3.56. The molecule has 0 saturated carbocycles. The zero-order chi connectivity index (χ0) is 29.4. The van der Waals surface area contributed by atoms with E-state index in [2.05, 4.69) is 50.2 Å². The van der Waals surface area contributed by atoms with Crippen LogP contribution in [0.2, 0.25) is 0 Å². The van der Waals surface area contributed by atoms with E-state index in [1.54, 1.807) is 30.5 Å². The first-order valence-electron chi connectivity index (χ1n) is 13.1. The Bertz CT molecular complexity index is 1890. The molecule has 0 radical (unpaired) electrons. The van der Waals surface area contributed by atoms with E-state index in [-0.39, 0.29) is 19.0 Å². The second kappa shape index (κ2) is 12.2. The summed E-state index contributed by atoms with van der Waals surface area (Å²) in [6.07, 6.45) is 1.86. The number of carbonyl (C=O) groups is 1. The Kier molecular flexibility index (Phi) is 8.41. The van der Waals surface area contributed by atoms with Gasteiger partial charge in [0.25, 0.3) is 5.56 Å². The Balaban J connectivity index is 1.41. The molecule has 1 aromatic heterocycles. The molecule has 214 valence electrons. The molecule has 0 saturated heterocycles. The number of ether oxygens (including phenoxy) is 4. The van der Waals surface area contributed by atoms with Crippen LogP contribution in [-0.2, 0) is 16.1 Å². The molecule has 0 aliphatic carbocycles. The maximum Gasteiger partial charge on any atom is 0.338 e. The molecule has 11 heteroatoms. The normalized spacial score (nSPS) is 15.8. The van der Waals surface area contributed by atoms with Crippen LogP contribution in [0.1, 0.15) is 36.6 Å². The molecule has 6 rings (SSSR count). The molecule has 1 unspecified atom stereocenters. The van der Waals surface area contributed by atoms with E-state index in [1.807, 2.05) is 54.6 Å². The Hall–Kier alpha value is -3.17. The standard InChI is InChI=1S/C31H24I2N2O6S/c1-3-38-30(37)26-17(2)34-31-35(27(26)20-9-10-23-24(14-20)41-16-40-23)29(36)25(42-31)13-19-11-21(32)28(22(33)12-19)39-15-18-7-5-4-6-8-18/h4-14,27H,3,15-16H2,1-2H3/b25-13-. The van der Waals surface area contributed by atoms with Crippen LogP contribution in [0.5, 0.6) is 17.2 Å². The van der Waals surface area contributed by atoms with Gasteiger partial charge in [-0.3, -0.25) is 9.36 Å². The summed E-state index contributed by atoms with van der Waals surface area (Å²) in [5.74, 6) is 1.47. The lowest BCUT2D eigenvalue weighted by molar-refractivity contribution is -0.139. The first-order valence-corrected chi connectivity index (χ1v) is 16.1. The molecule has 4 aromatic rings. The van der Waals surface area contributed by atoms with E-state index >= 15 is 0 Å². The minimum atomic E-state index is -0.731. The van der Waals surface area contributed by atoms with E-state index < -0.39 is 12.0 Å². The fourth-order valence-electron chi connectivity index (χ4n) is 4.87. The monoisotopic (exact) mass is 806 g/mol. The van der Waals surface area contributed by atoms with Crippen molar-refractivity contribution in [2.75, 3.05) is 13.4 Å². The molecule has 8 nitrogen and oxygen atoms in total. The predicted octanol–water partition coefficient (Wildman–Crippen LogP) is 5.32. The number of halogens is 2. The van der Waals surface area contributed by atoms with Gasteiger partial charge in [0.1, 0.15) is 12.4 Å². The van der Waals surface area contributed by atoms with Gasteiger partial charge >= 0.3 is 5.97 Å². The van der Waals surface area contributed by atoms with Gasteiger partial charge in [-0.1, -0.05) is 47.7 Å². The Labute approximate surface area is 272 Å². The maximum atomic E-state index is 14.0. The number of rotatable bonds is 7. The number of nitrogens with zero attached hydrogens (tertiary/aromatic N) is 2. The van der Waals surface area contributed by atoms with Crippen LogP contribution >= 0.6 is 56.5 Å². The molecule has 1 atom stereocenters. The van der Waals surface area contributed by atoms with Crippen LogP contribution in [0.25, 0.3) is 6.08 Å². The molecule has 3 heterocycles. The molecular weight excluding hydrogens is 782 g/mol. The van der Waals surface area contributed by atoms with Crippen LogP contribution in [0.3, 0.4) is 0 Å². The molecular formula is C31H24I2N2O6S. The summed E-state index contributed by atoms with van der Waals surface area (Å²) in [6.45, 7) is 4.30. The second-order valence-corrected chi connectivity index (χ2v) is 12.8. The number of benzene rings is 3. The number of hydrogen-bond acceptors (Lipinski definition) is 8. The van der Waals surface area contributed by atoms with Crippen molar-refractivity contribution >= 4 is 68.6 Å². The number of fused-ring (bicyclic) bond motifs is 2. The molecule has 0 fully saturated rings. The molecule has 0 amide bonds. The van der Waals surface area contributed by atoms with Gasteiger partial charge in [0.05, 0.1) is 35.6 Å². The van der Waals surface area contributed by atoms with Crippen LogP contribution in [-0.4, -0.2) is 23.9 Å². The highest BCUT2D eigenvalue weighted by Crippen LogP contribution is 2.38. The van der Waals surface area contributed by atoms with Gasteiger partial charge in [-0.25, -0.2) is 9.79 Å². The number of carbonyl (C=O) groups excluding carboxylic acids is 1. The Morgan fingerprint density at radius 3 is 2.57 bits per heavy atom. The van der Waals surface area contributed by atoms with E-state index in [4.69, 9.17) is 18.9 Å². The van der Waals surface area contributed by atoms with Gasteiger partial charge in [-0.2, -0.15) is 0 Å². The van der Waals surface area contributed by atoms with E-state index in [0.29, 0.717) is 44.3 Å². The molecule has 2 aliphatic rings. The van der Waals surface area contributed by atoms with Crippen molar-refractivity contribution in [3.8, 4) is 17.2 Å². The summed E-state index contributed by atoms with van der Waals surface area (Å²) in [5.41, 5.74) is 3.23. The molecule has 42 heavy (non-hydrogen) atoms. The fourth-order valence-corrected chi connectivity index (χ4v) is 8.05. The van der Waals surface area contributed by atoms with Gasteiger partial charge in [0.2, 0.25) is 6.79 Å². The van der Waals surface area contributed by atoms with Crippen molar-refractivity contribution in [2.24, 2.45) is 4.99 Å². The number of hydrogen-bond donors (Lipinski definition) is 0. The topological polar surface area (TPSA) is 88.4 Å². The van der Waals surface area contributed by atoms with E-state index in [9.17, 15) is 9.59 Å². The van der Waals surface area contributed by atoms with Crippen LogP contribution < -0.4 is 29.1 Å². The highest BCUT2D eigenvalue weighted by atomic mass is 127. The van der Waals surface area contributed by atoms with Gasteiger partial charge in [0, 0.05) is 0 Å². The van der Waals surface area contributed by atoms with Gasteiger partial charge in [0.15, 0.2) is 16.3 Å². The molecule has 3 aromatic carbocycles. The number of thiazole rings is 1. The van der Waals surface area contributed by atoms with Crippen molar-refractivity contribution in [1.82, 2.24) is 4.57 Å². The predicted molar refractivity (Wildman–Crippen MR) is 176 cm³/mol. The number of allylic oxidation sites excluding steroid dienone is 1. The highest BCUT2D eigenvalue weighted by molar-refractivity contribution is 14.1. The van der Waals surface area contributed by atoms with Crippen LogP contribution in [0.4, 0.5) is 0 Å². The van der Waals surface area contributed by atoms with Gasteiger partial charge in [-0.05, 0) is 106 Å². The SMILES string of the molecule is CCOC(=O)C1=C(C)N=c2s/c(=C\c3cc(I)c(OCc4ccccc4)c(I)c3)c(=O)n2C1c1ccc2c(c1)OCO2. The minimum absolute atomic E-state index is 0.120. The van der Waals surface area contributed by atoms with E-state index in [0.717, 1.165) is 24.0 Å². The maximum absolute atomic E-state index is 14.0. The largest absolute Gasteiger partial charge is 0.487 e. The second-order valence-electron chi connectivity index (χ2n) is 9.50. The third-order valence-electron chi connectivity index (χ3n) is 6.77. The van der Waals surface area contributed by atoms with E-state index in [1.165, 1.54) is 11.3 Å².